The summed E-state index contributed by atoms with van der Waals surface area (Å²) in [6.07, 6.45) is 0. The molecule has 0 unspecified atom stereocenters. The largest absolute Gasteiger partial charge is 0.309 e. The van der Waals surface area contributed by atoms with E-state index in [0.717, 1.165) is 22.6 Å². The summed E-state index contributed by atoms with van der Waals surface area (Å²) in [5, 5.41) is 4.98. The van der Waals surface area contributed by atoms with Crippen molar-refractivity contribution in [3.63, 3.8) is 0 Å². The van der Waals surface area contributed by atoms with Gasteiger partial charge in [0.25, 0.3) is 0 Å². The van der Waals surface area contributed by atoms with Gasteiger partial charge in [0.1, 0.15) is 0 Å². The van der Waals surface area contributed by atoms with Crippen LogP contribution in [0, 0.1) is 0 Å². The Kier molecular flexibility index (Phi) is 8.04. The van der Waals surface area contributed by atoms with Crippen molar-refractivity contribution < 1.29 is 0 Å². The number of nitrogens with zero attached hydrogens (tertiary/aromatic N) is 2. The Labute approximate surface area is 335 Å². The van der Waals surface area contributed by atoms with E-state index in [1.807, 2.05) is 11.3 Å². The molecule has 2 heterocycles. The molecule has 2 aromatic heterocycles. The van der Waals surface area contributed by atoms with Crippen molar-refractivity contribution in [2.24, 2.45) is 0 Å². The van der Waals surface area contributed by atoms with E-state index in [4.69, 9.17) is 0 Å². The maximum atomic E-state index is 2.52. The second-order valence-corrected chi connectivity index (χ2v) is 15.5. The van der Waals surface area contributed by atoms with Crippen LogP contribution in [-0.4, -0.2) is 4.57 Å². The molecule has 0 aliphatic carbocycles. The number of para-hydroxylation sites is 2. The van der Waals surface area contributed by atoms with Gasteiger partial charge in [-0.05, 0) is 70.8 Å². The normalized spacial score (nSPS) is 11.5. The van der Waals surface area contributed by atoms with E-state index in [9.17, 15) is 0 Å². The van der Waals surface area contributed by atoms with Gasteiger partial charge in [0.2, 0.25) is 0 Å². The van der Waals surface area contributed by atoms with E-state index in [1.54, 1.807) is 0 Å². The lowest BCUT2D eigenvalue weighted by atomic mass is 9.97. The van der Waals surface area contributed by atoms with Crippen LogP contribution in [-0.2, 0) is 0 Å². The third kappa shape index (κ3) is 5.55. The summed E-state index contributed by atoms with van der Waals surface area (Å²) in [5.41, 5.74) is 14.0. The second kappa shape index (κ2) is 13.8. The number of thiophene rings is 1. The van der Waals surface area contributed by atoms with E-state index in [0.29, 0.717) is 0 Å². The smallest absolute Gasteiger partial charge is 0.0640 e. The summed E-state index contributed by atoms with van der Waals surface area (Å²) in [6.45, 7) is 0. The first-order valence-corrected chi connectivity index (χ1v) is 20.3. The van der Waals surface area contributed by atoms with E-state index in [-0.39, 0.29) is 0 Å². The molecule has 0 saturated heterocycles. The Morgan fingerprint density at radius 3 is 1.70 bits per heavy atom. The van der Waals surface area contributed by atoms with Gasteiger partial charge in [0.05, 0.1) is 38.5 Å². The monoisotopic (exact) mass is 744 g/mol. The Morgan fingerprint density at radius 2 is 0.912 bits per heavy atom. The van der Waals surface area contributed by atoms with Gasteiger partial charge in [-0.3, -0.25) is 0 Å². The minimum absolute atomic E-state index is 1.13. The lowest BCUT2D eigenvalue weighted by molar-refractivity contribution is 1.18. The molecule has 0 aliphatic rings. The van der Waals surface area contributed by atoms with E-state index >= 15 is 0 Å². The molecule has 11 rings (SSSR count). The van der Waals surface area contributed by atoms with Gasteiger partial charge in [-0.15, -0.1) is 11.3 Å². The number of fused-ring (bicyclic) bond motifs is 6. The van der Waals surface area contributed by atoms with Crippen LogP contribution in [0.1, 0.15) is 0 Å². The van der Waals surface area contributed by atoms with Gasteiger partial charge < -0.3 is 9.47 Å². The molecule has 0 amide bonds. The standard InChI is InChI=1S/C54H36N2S/c1-4-18-37(19-5-1)40-34-35-48(45(36-40)39-22-8-3-9-23-39)55-47-29-14-11-26-44(47)53-49(55)30-17-31-50(53)56(46-28-13-10-24-41(46)38-20-6-2-7-21-38)51-32-16-27-43-42-25-12-15-33-52(42)57-54(43)51/h1-36H. The molecule has 0 radical (unpaired) electrons. The summed E-state index contributed by atoms with van der Waals surface area (Å²) in [7, 11) is 0. The van der Waals surface area contributed by atoms with Crippen molar-refractivity contribution in [2.75, 3.05) is 4.90 Å². The van der Waals surface area contributed by atoms with Gasteiger partial charge in [0.15, 0.2) is 0 Å². The predicted octanol–water partition coefficient (Wildman–Crippen LogP) is 15.6. The summed E-state index contributed by atoms with van der Waals surface area (Å²) in [4.78, 5) is 2.52. The highest BCUT2D eigenvalue weighted by Crippen LogP contribution is 2.50. The van der Waals surface area contributed by atoms with Crippen molar-refractivity contribution in [1.82, 2.24) is 4.57 Å². The third-order valence-corrected chi connectivity index (χ3v) is 12.4. The highest BCUT2D eigenvalue weighted by Gasteiger charge is 2.25. The van der Waals surface area contributed by atoms with E-state index in [2.05, 4.69) is 228 Å². The Balaban J connectivity index is 1.23. The fourth-order valence-corrected chi connectivity index (χ4v) is 9.87. The first-order valence-electron chi connectivity index (χ1n) is 19.4. The molecule has 11 aromatic rings. The third-order valence-electron chi connectivity index (χ3n) is 11.2. The van der Waals surface area contributed by atoms with Gasteiger partial charge >= 0.3 is 0 Å². The maximum absolute atomic E-state index is 2.52. The Bertz CT molecular complexity index is 3230. The topological polar surface area (TPSA) is 8.17 Å². The van der Waals surface area contributed by atoms with Crippen molar-refractivity contribution in [1.29, 1.82) is 0 Å². The van der Waals surface area contributed by atoms with Crippen molar-refractivity contribution in [3.05, 3.63) is 218 Å². The molecule has 268 valence electrons. The number of anilines is 3. The summed E-state index contributed by atoms with van der Waals surface area (Å²) < 4.78 is 5.04. The molecule has 9 aromatic carbocycles. The van der Waals surface area contributed by atoms with Crippen LogP contribution in [0.3, 0.4) is 0 Å². The van der Waals surface area contributed by atoms with Crippen LogP contribution in [0.4, 0.5) is 17.1 Å². The molecular weight excluding hydrogens is 709 g/mol. The SMILES string of the molecule is c1ccc(-c2ccc(-n3c4ccccc4c4c(N(c5ccccc5-c5ccccc5)c5cccc6c5sc5ccccc56)cccc43)c(-c3ccccc3)c2)cc1. The van der Waals surface area contributed by atoms with Crippen molar-refractivity contribution in [2.45, 2.75) is 0 Å². The minimum atomic E-state index is 1.13. The van der Waals surface area contributed by atoms with Gasteiger partial charge in [-0.25, -0.2) is 0 Å². The molecule has 0 bridgehead atoms. The highest BCUT2D eigenvalue weighted by atomic mass is 32.1. The number of benzene rings is 9. The van der Waals surface area contributed by atoms with Crippen LogP contribution >= 0.6 is 11.3 Å². The zero-order valence-electron chi connectivity index (χ0n) is 31.1. The second-order valence-electron chi connectivity index (χ2n) is 14.5. The van der Waals surface area contributed by atoms with Crippen molar-refractivity contribution in [3.8, 4) is 39.1 Å². The van der Waals surface area contributed by atoms with Gasteiger partial charge in [0, 0.05) is 37.4 Å². The Morgan fingerprint density at radius 1 is 0.351 bits per heavy atom. The molecular formula is C54H36N2S. The zero-order valence-corrected chi connectivity index (χ0v) is 31.9. The summed E-state index contributed by atoms with van der Waals surface area (Å²) in [5.74, 6) is 0. The molecule has 0 fully saturated rings. The zero-order chi connectivity index (χ0) is 37.7. The van der Waals surface area contributed by atoms with Gasteiger partial charge in [-0.2, -0.15) is 0 Å². The average Bonchev–Trinajstić information content (AvgIpc) is 3.84. The van der Waals surface area contributed by atoms with Crippen LogP contribution < -0.4 is 4.90 Å². The molecule has 0 N–H and O–H groups in total. The van der Waals surface area contributed by atoms with Crippen LogP contribution in [0.15, 0.2) is 218 Å². The highest BCUT2D eigenvalue weighted by molar-refractivity contribution is 7.26. The minimum Gasteiger partial charge on any atom is -0.309 e. The molecule has 0 spiro atoms. The number of rotatable bonds is 7. The van der Waals surface area contributed by atoms with E-state index in [1.165, 1.54) is 75.5 Å². The molecule has 2 nitrogen and oxygen atoms in total. The molecule has 57 heavy (non-hydrogen) atoms. The molecule has 0 saturated carbocycles. The quantitative estimate of drug-likeness (QED) is 0.158. The molecule has 0 atom stereocenters. The first kappa shape index (κ1) is 33.2. The average molecular weight is 745 g/mol. The predicted molar refractivity (Wildman–Crippen MR) is 245 cm³/mol. The van der Waals surface area contributed by atoms with E-state index < -0.39 is 0 Å². The number of hydrogen-bond donors (Lipinski definition) is 0. The lowest BCUT2D eigenvalue weighted by Gasteiger charge is -2.29. The van der Waals surface area contributed by atoms with Crippen LogP contribution in [0.25, 0.3) is 81.0 Å². The van der Waals surface area contributed by atoms with Crippen LogP contribution in [0.5, 0.6) is 0 Å². The number of hydrogen-bond acceptors (Lipinski definition) is 2. The summed E-state index contributed by atoms with van der Waals surface area (Å²) in [6, 6.07) is 79.4. The first-order chi connectivity index (χ1) is 28.3. The fraction of sp³-hybridized carbons (Fsp3) is 0. The lowest BCUT2D eigenvalue weighted by Crippen LogP contribution is -2.12. The Hall–Kier alpha value is -7.20. The summed E-state index contributed by atoms with van der Waals surface area (Å²) >= 11 is 1.87. The number of aromatic nitrogens is 1. The molecule has 3 heteroatoms. The van der Waals surface area contributed by atoms with Gasteiger partial charge in [-0.1, -0.05) is 170 Å². The molecule has 0 aliphatic heterocycles. The fourth-order valence-electron chi connectivity index (χ4n) is 8.66. The maximum Gasteiger partial charge on any atom is 0.0640 e. The van der Waals surface area contributed by atoms with Crippen LogP contribution in [0.2, 0.25) is 0 Å². The van der Waals surface area contributed by atoms with Crippen molar-refractivity contribution >= 4 is 70.4 Å².